The first kappa shape index (κ1) is 5.67. The minimum Gasteiger partial charge on any atom is -0.361 e. The highest BCUT2D eigenvalue weighted by Crippen LogP contribution is 2.20. The van der Waals surface area contributed by atoms with E-state index in [1.807, 2.05) is 0 Å². The van der Waals surface area contributed by atoms with E-state index in [9.17, 15) is 0 Å². The molecular weight excluding hydrogens is 135 g/mol. The molecule has 0 aromatic heterocycles. The smallest absolute Gasteiger partial charge is 0.132 e. The lowest BCUT2D eigenvalue weighted by Gasteiger charge is -1.91. The van der Waals surface area contributed by atoms with E-state index in [0.717, 1.165) is 6.42 Å². The van der Waals surface area contributed by atoms with Crippen molar-refractivity contribution in [1.82, 2.24) is 0 Å². The van der Waals surface area contributed by atoms with E-state index in [1.165, 1.54) is 0 Å². The molecule has 42 valence electrons. The fourth-order valence-corrected chi connectivity index (χ4v) is 1.16. The lowest BCUT2D eigenvalue weighted by Crippen LogP contribution is -1.93. The lowest BCUT2D eigenvalue weighted by atomic mass is 10.4. The number of halogens is 2. The molecule has 0 radical (unpaired) electrons. The van der Waals surface area contributed by atoms with Gasteiger partial charge in [-0.2, -0.15) is 0 Å². The highest BCUT2D eigenvalue weighted by atomic mass is 35.5. The van der Waals surface area contributed by atoms with Crippen molar-refractivity contribution in [2.45, 2.75) is 17.4 Å². The summed E-state index contributed by atoms with van der Waals surface area (Å²) in [6.45, 7) is 0.607. The molecule has 0 N–H and O–H groups in total. The normalized spacial score (nSPS) is 42.0. The van der Waals surface area contributed by atoms with Crippen LogP contribution in [0, 0.1) is 0 Å². The van der Waals surface area contributed by atoms with Gasteiger partial charge in [-0.3, -0.25) is 0 Å². The fourth-order valence-electron chi connectivity index (χ4n) is 0.546. The summed E-state index contributed by atoms with van der Waals surface area (Å²) >= 11 is 11.1. The Balaban J connectivity index is 2.26. The topological polar surface area (TPSA) is 9.23 Å². The SMILES string of the molecule is ClC1COC(Cl)C1. The highest BCUT2D eigenvalue weighted by Gasteiger charge is 2.20. The van der Waals surface area contributed by atoms with Crippen molar-refractivity contribution >= 4 is 23.2 Å². The number of alkyl halides is 2. The third kappa shape index (κ3) is 1.48. The highest BCUT2D eigenvalue weighted by molar-refractivity contribution is 6.23. The van der Waals surface area contributed by atoms with Crippen LogP contribution in [-0.2, 0) is 4.74 Å². The standard InChI is InChI=1S/C4H6Cl2O/c5-3-1-4(6)7-2-3/h3-4H,1-2H2. The summed E-state index contributed by atoms with van der Waals surface area (Å²) in [6.07, 6.45) is 0.781. The molecule has 0 aromatic rings. The van der Waals surface area contributed by atoms with E-state index in [4.69, 9.17) is 27.9 Å². The van der Waals surface area contributed by atoms with Crippen LogP contribution in [-0.4, -0.2) is 17.5 Å². The summed E-state index contributed by atoms with van der Waals surface area (Å²) in [5.74, 6) is 0. The number of rotatable bonds is 0. The molecule has 7 heavy (non-hydrogen) atoms. The zero-order chi connectivity index (χ0) is 5.28. The molecule has 1 aliphatic heterocycles. The van der Waals surface area contributed by atoms with Gasteiger partial charge in [0.2, 0.25) is 0 Å². The molecule has 0 saturated carbocycles. The summed E-state index contributed by atoms with van der Waals surface area (Å²) in [7, 11) is 0. The van der Waals surface area contributed by atoms with E-state index in [1.54, 1.807) is 0 Å². The fraction of sp³-hybridized carbons (Fsp3) is 1.00. The predicted octanol–water partition coefficient (Wildman–Crippen LogP) is 1.58. The van der Waals surface area contributed by atoms with Crippen LogP contribution in [0.25, 0.3) is 0 Å². The van der Waals surface area contributed by atoms with Gasteiger partial charge in [0.1, 0.15) is 5.56 Å². The lowest BCUT2D eigenvalue weighted by molar-refractivity contribution is 0.169. The Bertz CT molecular complexity index is 58.7. The van der Waals surface area contributed by atoms with E-state index in [0.29, 0.717) is 6.61 Å². The number of hydrogen-bond donors (Lipinski definition) is 0. The van der Waals surface area contributed by atoms with Gasteiger partial charge in [-0.05, 0) is 0 Å². The van der Waals surface area contributed by atoms with Crippen LogP contribution >= 0.6 is 23.2 Å². The van der Waals surface area contributed by atoms with Crippen LogP contribution in [0.2, 0.25) is 0 Å². The maximum atomic E-state index is 5.60. The first-order valence-corrected chi connectivity index (χ1v) is 3.06. The molecule has 2 unspecified atom stereocenters. The van der Waals surface area contributed by atoms with Gasteiger partial charge in [0.15, 0.2) is 0 Å². The Morgan fingerprint density at radius 3 is 2.29 bits per heavy atom. The Morgan fingerprint density at radius 1 is 1.43 bits per heavy atom. The minimum absolute atomic E-state index is 0.137. The van der Waals surface area contributed by atoms with Crippen LogP contribution in [0.15, 0.2) is 0 Å². The summed E-state index contributed by atoms with van der Waals surface area (Å²) in [5, 5.41) is 0.141. The first-order valence-electron chi connectivity index (χ1n) is 2.19. The molecule has 2 atom stereocenters. The molecule has 1 heterocycles. The van der Waals surface area contributed by atoms with Crippen LogP contribution in [0.1, 0.15) is 6.42 Å². The van der Waals surface area contributed by atoms with E-state index >= 15 is 0 Å². The molecule has 0 amide bonds. The zero-order valence-electron chi connectivity index (χ0n) is 3.73. The molecule has 1 nitrogen and oxygen atoms in total. The van der Waals surface area contributed by atoms with Crippen molar-refractivity contribution in [1.29, 1.82) is 0 Å². The van der Waals surface area contributed by atoms with Crippen LogP contribution in [0.3, 0.4) is 0 Å². The Kier molecular flexibility index (Phi) is 1.79. The van der Waals surface area contributed by atoms with Crippen molar-refractivity contribution in [3.05, 3.63) is 0 Å². The summed E-state index contributed by atoms with van der Waals surface area (Å²) < 4.78 is 4.90. The average molecular weight is 141 g/mol. The molecule has 1 fully saturated rings. The molecule has 3 heteroatoms. The maximum absolute atomic E-state index is 5.60. The van der Waals surface area contributed by atoms with E-state index < -0.39 is 0 Å². The monoisotopic (exact) mass is 140 g/mol. The molecule has 1 aliphatic rings. The molecule has 0 aliphatic carbocycles. The predicted molar refractivity (Wildman–Crippen MR) is 29.9 cm³/mol. The van der Waals surface area contributed by atoms with E-state index in [-0.39, 0.29) is 10.9 Å². The van der Waals surface area contributed by atoms with Gasteiger partial charge in [-0.25, -0.2) is 0 Å². The molecular formula is C4H6Cl2O. The van der Waals surface area contributed by atoms with Gasteiger partial charge >= 0.3 is 0 Å². The summed E-state index contributed by atoms with van der Waals surface area (Å²) in [4.78, 5) is 0. The maximum Gasteiger partial charge on any atom is 0.132 e. The van der Waals surface area contributed by atoms with Gasteiger partial charge in [0.25, 0.3) is 0 Å². The average Bonchev–Trinajstić information content (AvgIpc) is 1.87. The molecule has 0 bridgehead atoms. The third-order valence-electron chi connectivity index (χ3n) is 0.899. The molecule has 0 spiro atoms. The van der Waals surface area contributed by atoms with Crippen molar-refractivity contribution in [3.63, 3.8) is 0 Å². The second kappa shape index (κ2) is 2.21. The van der Waals surface area contributed by atoms with Gasteiger partial charge in [0, 0.05) is 6.42 Å². The largest absolute Gasteiger partial charge is 0.361 e. The molecule has 0 aromatic carbocycles. The Labute approximate surface area is 52.5 Å². The van der Waals surface area contributed by atoms with Crippen LogP contribution in [0.5, 0.6) is 0 Å². The third-order valence-corrected chi connectivity index (χ3v) is 1.51. The van der Waals surface area contributed by atoms with Crippen molar-refractivity contribution in [2.75, 3.05) is 6.61 Å². The van der Waals surface area contributed by atoms with Crippen LogP contribution in [0.4, 0.5) is 0 Å². The van der Waals surface area contributed by atoms with Crippen molar-refractivity contribution < 1.29 is 4.74 Å². The zero-order valence-corrected chi connectivity index (χ0v) is 5.24. The Morgan fingerprint density at radius 2 is 2.14 bits per heavy atom. The number of ether oxygens (including phenoxy) is 1. The van der Waals surface area contributed by atoms with Gasteiger partial charge in [-0.15, -0.1) is 11.6 Å². The van der Waals surface area contributed by atoms with Crippen molar-refractivity contribution in [2.24, 2.45) is 0 Å². The van der Waals surface area contributed by atoms with E-state index in [2.05, 4.69) is 0 Å². The quantitative estimate of drug-likeness (QED) is 0.465. The summed E-state index contributed by atoms with van der Waals surface area (Å²) in [5.41, 5.74) is -0.137. The minimum atomic E-state index is -0.137. The second-order valence-electron chi connectivity index (χ2n) is 1.58. The van der Waals surface area contributed by atoms with Gasteiger partial charge in [-0.1, -0.05) is 11.6 Å². The molecule has 1 rings (SSSR count). The Hall–Kier alpha value is 0.540. The van der Waals surface area contributed by atoms with Gasteiger partial charge < -0.3 is 4.74 Å². The summed E-state index contributed by atoms with van der Waals surface area (Å²) in [6, 6.07) is 0. The first-order chi connectivity index (χ1) is 3.29. The van der Waals surface area contributed by atoms with Crippen LogP contribution < -0.4 is 0 Å². The van der Waals surface area contributed by atoms with Crippen molar-refractivity contribution in [3.8, 4) is 0 Å². The second-order valence-corrected chi connectivity index (χ2v) is 2.68. The molecule has 1 saturated heterocycles. The number of hydrogen-bond acceptors (Lipinski definition) is 1. The van der Waals surface area contributed by atoms with Gasteiger partial charge in [0.05, 0.1) is 12.0 Å².